The predicted molar refractivity (Wildman–Crippen MR) is 104 cm³/mol. The molecule has 0 spiro atoms. The van der Waals surface area contributed by atoms with Crippen LogP contribution < -0.4 is 14.8 Å². The third kappa shape index (κ3) is 4.18. The molecular weight excluding hydrogens is 344 g/mol. The van der Waals surface area contributed by atoms with Crippen LogP contribution in [-0.4, -0.2) is 40.0 Å². The van der Waals surface area contributed by atoms with Crippen molar-refractivity contribution in [3.8, 4) is 11.5 Å². The largest absolute Gasteiger partial charge is 0.497 e. The monoisotopic (exact) mass is 372 g/mol. The first-order valence-electron chi connectivity index (χ1n) is 9.16. The van der Waals surface area contributed by atoms with Crippen molar-refractivity contribution in [2.75, 3.05) is 19.0 Å². The van der Waals surface area contributed by atoms with Crippen LogP contribution in [0.5, 0.6) is 11.5 Å². The Labute approximate surface area is 160 Å². The van der Waals surface area contributed by atoms with E-state index in [1.807, 2.05) is 49.7 Å². The minimum Gasteiger partial charge on any atom is -0.497 e. The number of methoxy groups -OCH3 is 1. The van der Waals surface area contributed by atoms with Gasteiger partial charge in [-0.1, -0.05) is 0 Å². The van der Waals surface area contributed by atoms with Gasteiger partial charge in [-0.3, -0.25) is 10.00 Å². The Balaban J connectivity index is 1.82. The van der Waals surface area contributed by atoms with Gasteiger partial charge in [0.25, 0.3) is 0 Å². The summed E-state index contributed by atoms with van der Waals surface area (Å²) in [5.74, 6) is 2.04. The molecule has 0 saturated carbocycles. The average Bonchev–Trinajstić information content (AvgIpc) is 2.88. The van der Waals surface area contributed by atoms with E-state index in [2.05, 4.69) is 24.3 Å². The van der Waals surface area contributed by atoms with Gasteiger partial charge in [-0.2, -0.15) is 5.10 Å². The maximum absolute atomic E-state index is 12.9. The number of aromatic nitrogens is 2. The van der Waals surface area contributed by atoms with E-state index in [-0.39, 0.29) is 12.1 Å². The molecule has 2 aromatic rings. The normalized spacial score (nSPS) is 15.7. The Morgan fingerprint density at radius 3 is 2.70 bits per heavy atom. The highest BCUT2D eigenvalue weighted by atomic mass is 16.5. The number of carbonyl (C=O) groups is 1. The van der Waals surface area contributed by atoms with Crippen molar-refractivity contribution in [2.24, 2.45) is 0 Å². The number of nitrogens with zero attached hydrogens (tertiary/aromatic N) is 3. The van der Waals surface area contributed by atoms with Gasteiger partial charge < -0.3 is 14.4 Å². The highest BCUT2D eigenvalue weighted by Crippen LogP contribution is 2.32. The number of amides is 2. The van der Waals surface area contributed by atoms with Crippen molar-refractivity contribution in [3.63, 3.8) is 0 Å². The number of nitrogens with one attached hydrogen (secondary N) is 1. The van der Waals surface area contributed by atoms with Crippen LogP contribution in [0.25, 0.3) is 0 Å². The van der Waals surface area contributed by atoms with Gasteiger partial charge in [0.05, 0.1) is 20.2 Å². The summed E-state index contributed by atoms with van der Waals surface area (Å²) in [4.78, 5) is 14.7. The van der Waals surface area contributed by atoms with Crippen molar-refractivity contribution in [1.29, 1.82) is 0 Å². The van der Waals surface area contributed by atoms with Crippen LogP contribution >= 0.6 is 0 Å². The van der Waals surface area contributed by atoms with Gasteiger partial charge in [0.1, 0.15) is 17.1 Å². The second-order valence-electron chi connectivity index (χ2n) is 7.83. The van der Waals surface area contributed by atoms with Gasteiger partial charge in [-0.05, 0) is 46.8 Å². The van der Waals surface area contributed by atoms with Crippen LogP contribution in [0, 0.1) is 6.92 Å². The fourth-order valence-electron chi connectivity index (χ4n) is 3.34. The highest BCUT2D eigenvalue weighted by Gasteiger charge is 2.32. The SMILES string of the molecule is COc1ccc2c(c1)OC(C)(C)CN(C(=O)Nc1cc(C)n(C(C)C)n1)C2. The Morgan fingerprint density at radius 2 is 2.07 bits per heavy atom. The molecule has 0 radical (unpaired) electrons. The number of anilines is 1. The molecule has 2 amide bonds. The van der Waals surface area contributed by atoms with E-state index in [1.54, 1.807) is 12.0 Å². The number of urea groups is 1. The lowest BCUT2D eigenvalue weighted by molar-refractivity contribution is 0.0833. The van der Waals surface area contributed by atoms with E-state index in [9.17, 15) is 4.79 Å². The molecule has 146 valence electrons. The summed E-state index contributed by atoms with van der Waals surface area (Å²) in [6, 6.07) is 7.62. The van der Waals surface area contributed by atoms with Gasteiger partial charge in [-0.15, -0.1) is 0 Å². The van der Waals surface area contributed by atoms with Crippen molar-refractivity contribution >= 4 is 11.8 Å². The number of carbonyl (C=O) groups excluding carboxylic acids is 1. The third-order valence-electron chi connectivity index (χ3n) is 4.53. The molecule has 1 aromatic carbocycles. The van der Waals surface area contributed by atoms with Gasteiger partial charge in [0.2, 0.25) is 0 Å². The summed E-state index contributed by atoms with van der Waals surface area (Å²) < 4.78 is 13.3. The molecule has 2 heterocycles. The van der Waals surface area contributed by atoms with Crippen molar-refractivity contribution in [1.82, 2.24) is 14.7 Å². The molecule has 0 unspecified atom stereocenters. The van der Waals surface area contributed by atoms with E-state index in [4.69, 9.17) is 9.47 Å². The third-order valence-corrected chi connectivity index (χ3v) is 4.53. The van der Waals surface area contributed by atoms with E-state index < -0.39 is 5.60 Å². The molecule has 7 heteroatoms. The van der Waals surface area contributed by atoms with Crippen LogP contribution in [0.1, 0.15) is 45.0 Å². The summed E-state index contributed by atoms with van der Waals surface area (Å²) >= 11 is 0. The molecule has 1 N–H and O–H groups in total. The first-order chi connectivity index (χ1) is 12.7. The lowest BCUT2D eigenvalue weighted by Gasteiger charge is -2.29. The Hall–Kier alpha value is -2.70. The lowest BCUT2D eigenvalue weighted by Crippen LogP contribution is -2.44. The molecule has 0 bridgehead atoms. The van der Waals surface area contributed by atoms with Gasteiger partial charge >= 0.3 is 6.03 Å². The summed E-state index contributed by atoms with van der Waals surface area (Å²) in [7, 11) is 1.63. The minimum atomic E-state index is -0.526. The number of rotatable bonds is 3. The molecule has 0 saturated heterocycles. The summed E-state index contributed by atoms with van der Waals surface area (Å²) in [5, 5.41) is 7.40. The zero-order valence-corrected chi connectivity index (χ0v) is 16.9. The Morgan fingerprint density at radius 1 is 1.33 bits per heavy atom. The number of fused-ring (bicyclic) bond motifs is 1. The van der Waals surface area contributed by atoms with Crippen molar-refractivity contribution in [3.05, 3.63) is 35.5 Å². The molecule has 1 aliphatic rings. The molecule has 7 nitrogen and oxygen atoms in total. The zero-order chi connectivity index (χ0) is 19.8. The second-order valence-corrected chi connectivity index (χ2v) is 7.83. The number of hydrogen-bond donors (Lipinski definition) is 1. The first-order valence-corrected chi connectivity index (χ1v) is 9.16. The van der Waals surface area contributed by atoms with Crippen LogP contribution in [-0.2, 0) is 6.54 Å². The molecular formula is C20H28N4O3. The number of ether oxygens (including phenoxy) is 2. The maximum Gasteiger partial charge on any atom is 0.323 e. The van der Waals surface area contributed by atoms with Crippen LogP contribution in [0.3, 0.4) is 0 Å². The fraction of sp³-hybridized carbons (Fsp3) is 0.500. The number of benzene rings is 1. The Bertz CT molecular complexity index is 842. The summed E-state index contributed by atoms with van der Waals surface area (Å²) in [5.41, 5.74) is 1.43. The van der Waals surface area contributed by atoms with Gasteiger partial charge in [-0.25, -0.2) is 4.79 Å². The minimum absolute atomic E-state index is 0.191. The van der Waals surface area contributed by atoms with E-state index in [0.717, 1.165) is 22.8 Å². The summed E-state index contributed by atoms with van der Waals surface area (Å²) in [6.07, 6.45) is 0. The molecule has 0 atom stereocenters. The van der Waals surface area contributed by atoms with E-state index >= 15 is 0 Å². The standard InChI is InChI=1S/C20H28N4O3/c1-13(2)24-14(3)9-18(22-24)21-19(25)23-11-15-7-8-16(26-6)10-17(15)27-20(4,5)12-23/h7-10,13H,11-12H2,1-6H3,(H,21,22,25). The molecule has 0 fully saturated rings. The summed E-state index contributed by atoms with van der Waals surface area (Å²) in [6.45, 7) is 11.0. The Kier molecular flexibility index (Phi) is 5.04. The zero-order valence-electron chi connectivity index (χ0n) is 16.9. The van der Waals surface area contributed by atoms with E-state index in [1.165, 1.54) is 0 Å². The molecule has 3 rings (SSSR count). The first kappa shape index (κ1) is 19.1. The quantitative estimate of drug-likeness (QED) is 0.885. The number of hydrogen-bond acceptors (Lipinski definition) is 4. The average molecular weight is 372 g/mol. The molecule has 1 aliphatic heterocycles. The topological polar surface area (TPSA) is 68.6 Å². The smallest absolute Gasteiger partial charge is 0.323 e. The molecule has 0 aliphatic carbocycles. The van der Waals surface area contributed by atoms with E-state index in [0.29, 0.717) is 18.9 Å². The van der Waals surface area contributed by atoms with Crippen LogP contribution in [0.15, 0.2) is 24.3 Å². The molecule has 27 heavy (non-hydrogen) atoms. The van der Waals surface area contributed by atoms with Crippen LogP contribution in [0.2, 0.25) is 0 Å². The van der Waals surface area contributed by atoms with Gasteiger partial charge in [0, 0.05) is 29.4 Å². The number of aryl methyl sites for hydroxylation is 1. The predicted octanol–water partition coefficient (Wildman–Crippen LogP) is 3.99. The maximum atomic E-state index is 12.9. The van der Waals surface area contributed by atoms with Crippen LogP contribution in [0.4, 0.5) is 10.6 Å². The van der Waals surface area contributed by atoms with Crippen molar-refractivity contribution in [2.45, 2.75) is 52.8 Å². The van der Waals surface area contributed by atoms with Crippen molar-refractivity contribution < 1.29 is 14.3 Å². The highest BCUT2D eigenvalue weighted by molar-refractivity contribution is 5.88. The second kappa shape index (κ2) is 7.13. The van der Waals surface area contributed by atoms with Gasteiger partial charge in [0.15, 0.2) is 5.82 Å². The lowest BCUT2D eigenvalue weighted by atomic mass is 10.1. The molecule has 1 aromatic heterocycles. The fourth-order valence-corrected chi connectivity index (χ4v) is 3.34.